The van der Waals surface area contributed by atoms with Gasteiger partial charge in [0.2, 0.25) is 0 Å². The van der Waals surface area contributed by atoms with Crippen LogP contribution in [-0.2, 0) is 10.9 Å². The van der Waals surface area contributed by atoms with Gasteiger partial charge in [-0.25, -0.2) is 14.8 Å². The molecule has 0 bridgehead atoms. The van der Waals surface area contributed by atoms with Crippen molar-refractivity contribution in [1.29, 1.82) is 0 Å². The van der Waals surface area contributed by atoms with Crippen molar-refractivity contribution in [2.24, 2.45) is 0 Å². The molecule has 0 spiro atoms. The van der Waals surface area contributed by atoms with Crippen LogP contribution in [0.1, 0.15) is 33.3 Å². The quantitative estimate of drug-likeness (QED) is 0.586. The molecule has 0 radical (unpaired) electrons. The number of carbonyl (C=O) groups excluding carboxylic acids is 1. The molecule has 1 amide bonds. The van der Waals surface area contributed by atoms with E-state index in [9.17, 15) is 18.0 Å². The molecule has 0 aliphatic heterocycles. The summed E-state index contributed by atoms with van der Waals surface area (Å²) in [6.07, 6.45) is -3.62. The first-order valence-corrected chi connectivity index (χ1v) is 9.63. The van der Waals surface area contributed by atoms with Crippen LogP contribution in [0.2, 0.25) is 0 Å². The van der Waals surface area contributed by atoms with Gasteiger partial charge in [-0.1, -0.05) is 6.92 Å². The number of hydrogen-bond acceptors (Lipinski definition) is 6. The molecular formula is C19H26F3LiN4O2S-2. The number of nitrogens with one attached hydrogen (secondary N) is 1. The predicted octanol–water partition coefficient (Wildman–Crippen LogP) is 2.24. The number of alkyl halides is 3. The van der Waals surface area contributed by atoms with Crippen molar-refractivity contribution in [3.63, 3.8) is 0 Å². The zero-order chi connectivity index (χ0) is 22.4. The molecule has 1 atom stereocenters. The smallest absolute Gasteiger partial charge is 0.444 e. The van der Waals surface area contributed by atoms with E-state index in [-0.39, 0.29) is 36.5 Å². The fourth-order valence-electron chi connectivity index (χ4n) is 2.01. The number of amides is 1. The monoisotopic (exact) mass is 438 g/mol. The van der Waals surface area contributed by atoms with Crippen molar-refractivity contribution in [1.82, 2.24) is 14.9 Å². The van der Waals surface area contributed by atoms with Gasteiger partial charge >= 0.3 is 31.1 Å². The van der Waals surface area contributed by atoms with Gasteiger partial charge in [-0.2, -0.15) is 13.2 Å². The molecule has 164 valence electrons. The van der Waals surface area contributed by atoms with Crippen molar-refractivity contribution in [3.05, 3.63) is 38.0 Å². The SMILES string of the molecule is [CH2-]CN(C[CH2-])C(=O)OC(C)(C)C.[CH2-][C@H](C)Nc1ncnc2c(C(F)(F)F)csc12.[Li+]. The summed E-state index contributed by atoms with van der Waals surface area (Å²) in [5.41, 5.74) is -1.24. The van der Waals surface area contributed by atoms with Crippen LogP contribution >= 0.6 is 11.3 Å². The molecule has 0 aliphatic carbocycles. The Morgan fingerprint density at radius 3 is 2.27 bits per heavy atom. The third-order valence-electron chi connectivity index (χ3n) is 3.23. The fraction of sp³-hybridized carbons (Fsp3) is 0.474. The molecule has 0 aliphatic rings. The Morgan fingerprint density at radius 1 is 1.27 bits per heavy atom. The first kappa shape index (κ1) is 28.5. The summed E-state index contributed by atoms with van der Waals surface area (Å²) < 4.78 is 43.5. The second-order valence-corrected chi connectivity index (χ2v) is 7.94. The molecule has 2 heterocycles. The zero-order valence-corrected chi connectivity index (χ0v) is 18.8. The average molecular weight is 438 g/mol. The Hall–Kier alpha value is -1.50. The van der Waals surface area contributed by atoms with Crippen LogP contribution in [0.25, 0.3) is 10.2 Å². The number of rotatable bonds is 4. The molecule has 0 aromatic carbocycles. The van der Waals surface area contributed by atoms with Gasteiger partial charge in [0, 0.05) is 5.38 Å². The molecule has 30 heavy (non-hydrogen) atoms. The number of hydrogen-bond donors (Lipinski definition) is 1. The van der Waals surface area contributed by atoms with Crippen LogP contribution in [0.3, 0.4) is 0 Å². The Balaban J connectivity index is 0.000000579. The molecule has 2 aromatic rings. The summed E-state index contributed by atoms with van der Waals surface area (Å²) in [6, 6.07) is -0.149. The van der Waals surface area contributed by atoms with Crippen molar-refractivity contribution < 1.29 is 41.6 Å². The minimum Gasteiger partial charge on any atom is -0.444 e. The summed E-state index contributed by atoms with van der Waals surface area (Å²) in [7, 11) is 0. The molecule has 6 nitrogen and oxygen atoms in total. The van der Waals surface area contributed by atoms with E-state index < -0.39 is 17.3 Å². The summed E-state index contributed by atoms with van der Waals surface area (Å²) in [4.78, 5) is 20.3. The van der Waals surface area contributed by atoms with Crippen LogP contribution in [0.5, 0.6) is 0 Å². The van der Waals surface area contributed by atoms with Gasteiger partial charge in [0.1, 0.15) is 17.7 Å². The van der Waals surface area contributed by atoms with Crippen LogP contribution in [-0.4, -0.2) is 45.7 Å². The van der Waals surface area contributed by atoms with E-state index >= 15 is 0 Å². The van der Waals surface area contributed by atoms with E-state index in [0.717, 1.165) is 23.0 Å². The van der Waals surface area contributed by atoms with Crippen molar-refractivity contribution >= 4 is 33.5 Å². The minimum absolute atomic E-state index is 0. The average Bonchev–Trinajstić information content (AvgIpc) is 3.00. The summed E-state index contributed by atoms with van der Waals surface area (Å²) in [5.74, 6) is 0.387. The van der Waals surface area contributed by atoms with E-state index in [1.54, 1.807) is 6.92 Å². The molecule has 11 heteroatoms. The van der Waals surface area contributed by atoms with E-state index in [0.29, 0.717) is 23.6 Å². The van der Waals surface area contributed by atoms with Gasteiger partial charge in [0.15, 0.2) is 0 Å². The second kappa shape index (κ2) is 11.8. The number of fused-ring (bicyclic) bond motifs is 1. The maximum Gasteiger partial charge on any atom is 1.00 e. The first-order valence-electron chi connectivity index (χ1n) is 8.75. The predicted molar refractivity (Wildman–Crippen MR) is 109 cm³/mol. The summed E-state index contributed by atoms with van der Waals surface area (Å²) in [5, 5.41) is 3.95. The number of ether oxygens (including phenoxy) is 1. The van der Waals surface area contributed by atoms with Gasteiger partial charge in [-0.3, -0.25) is 0 Å². The Morgan fingerprint density at radius 2 is 1.83 bits per heavy atom. The van der Waals surface area contributed by atoms with Crippen molar-refractivity contribution in [3.8, 4) is 0 Å². The van der Waals surface area contributed by atoms with E-state index in [1.807, 2.05) is 20.8 Å². The minimum atomic E-state index is -4.39. The van der Waals surface area contributed by atoms with Crippen LogP contribution < -0.4 is 24.2 Å². The largest absolute Gasteiger partial charge is 1.00 e. The van der Waals surface area contributed by atoms with Crippen molar-refractivity contribution in [2.45, 2.75) is 45.5 Å². The molecule has 2 rings (SSSR count). The molecule has 2 aromatic heterocycles. The molecule has 0 saturated heterocycles. The molecule has 0 unspecified atom stereocenters. The van der Waals surface area contributed by atoms with Gasteiger partial charge in [0.05, 0.1) is 15.8 Å². The Kier molecular flexibility index (Phi) is 11.2. The molecule has 0 saturated carbocycles. The van der Waals surface area contributed by atoms with Crippen LogP contribution in [0.4, 0.5) is 23.8 Å². The van der Waals surface area contributed by atoms with Crippen LogP contribution in [0.15, 0.2) is 11.7 Å². The number of aromatic nitrogens is 2. The third-order valence-corrected chi connectivity index (χ3v) is 4.21. The van der Waals surface area contributed by atoms with Gasteiger partial charge in [0.25, 0.3) is 0 Å². The number of anilines is 1. The Labute approximate surface area is 191 Å². The summed E-state index contributed by atoms with van der Waals surface area (Å²) in [6.45, 7) is 18.9. The Bertz CT molecular complexity index is 803. The molecule has 1 N–H and O–H groups in total. The van der Waals surface area contributed by atoms with Gasteiger partial charge < -0.3 is 35.7 Å². The van der Waals surface area contributed by atoms with Crippen molar-refractivity contribution in [2.75, 3.05) is 18.4 Å². The van der Waals surface area contributed by atoms with E-state index in [4.69, 9.17) is 4.74 Å². The van der Waals surface area contributed by atoms with E-state index in [1.165, 1.54) is 4.90 Å². The number of carbonyl (C=O) groups is 1. The number of thiophene rings is 1. The van der Waals surface area contributed by atoms with E-state index in [2.05, 4.69) is 36.1 Å². The fourth-order valence-corrected chi connectivity index (χ4v) is 2.99. The first-order chi connectivity index (χ1) is 13.3. The van der Waals surface area contributed by atoms with Gasteiger partial charge in [-0.05, 0) is 20.8 Å². The topological polar surface area (TPSA) is 67.3 Å². The molecular weight excluding hydrogens is 412 g/mol. The maximum atomic E-state index is 12.7. The molecule has 0 fully saturated rings. The van der Waals surface area contributed by atoms with Crippen LogP contribution in [0, 0.1) is 20.8 Å². The normalized spacial score (nSPS) is 12.3. The second-order valence-electron chi connectivity index (χ2n) is 7.06. The number of nitrogens with zero attached hydrogens (tertiary/aromatic N) is 3. The third kappa shape index (κ3) is 8.70. The number of halogens is 3. The van der Waals surface area contributed by atoms with Gasteiger partial charge in [-0.15, -0.1) is 30.5 Å². The zero-order valence-electron chi connectivity index (χ0n) is 18.0. The maximum absolute atomic E-state index is 12.7. The summed E-state index contributed by atoms with van der Waals surface area (Å²) >= 11 is 0.974. The standard InChI is InChI=1S/C10H9F3N3S.C9H17NO2.Li/c1-5(2)16-9-8-7(14-4-15-9)6(3-17-8)10(11,12)13;1-6-10(7-2)8(11)12-9(3,4)5;/h3-5H,1H2,2H3,(H,14,15,16);1-2,6-7H2,3-5H3;/q-1;-2;+1/t5-;;/m1../s1.